The normalized spacial score (nSPS) is 15.1. The summed E-state index contributed by atoms with van der Waals surface area (Å²) in [6, 6.07) is 16.8. The fraction of sp³-hybridized carbons (Fsp3) is 0.300. The number of hydrogen-bond acceptors (Lipinski definition) is 3. The molecule has 1 aliphatic rings. The van der Waals surface area contributed by atoms with Gasteiger partial charge in [0.05, 0.1) is 5.41 Å². The van der Waals surface area contributed by atoms with Gasteiger partial charge in [-0.1, -0.05) is 36.8 Å². The van der Waals surface area contributed by atoms with Gasteiger partial charge >= 0.3 is 5.97 Å². The van der Waals surface area contributed by atoms with Crippen LogP contribution in [-0.2, 0) is 15.0 Å². The van der Waals surface area contributed by atoms with Crippen LogP contribution in [0.3, 0.4) is 0 Å². The minimum absolute atomic E-state index is 0.0872. The number of carboxylic acid groups (broad SMARTS) is 1. The van der Waals surface area contributed by atoms with Gasteiger partial charge in [-0.15, -0.1) is 0 Å². The lowest BCUT2D eigenvalue weighted by atomic mass is 9.63. The first kappa shape index (κ1) is 17.0. The molecule has 0 saturated heterocycles. The molecule has 0 unspecified atom stereocenters. The van der Waals surface area contributed by atoms with E-state index in [0.29, 0.717) is 5.75 Å². The van der Waals surface area contributed by atoms with Gasteiger partial charge in [0.25, 0.3) is 0 Å². The van der Waals surface area contributed by atoms with Crippen molar-refractivity contribution in [1.82, 2.24) is 0 Å². The minimum Gasteiger partial charge on any atom is -0.482 e. The first-order chi connectivity index (χ1) is 12.0. The third kappa shape index (κ3) is 3.36. The monoisotopic (exact) mass is 339 g/mol. The number of anilines is 1. The average molecular weight is 339 g/mol. The van der Waals surface area contributed by atoms with E-state index in [0.717, 1.165) is 30.5 Å². The lowest BCUT2D eigenvalue weighted by molar-refractivity contribution is -0.139. The summed E-state index contributed by atoms with van der Waals surface area (Å²) in [4.78, 5) is 25.4. The van der Waals surface area contributed by atoms with Crippen LogP contribution in [0, 0.1) is 0 Å². The van der Waals surface area contributed by atoms with E-state index in [1.165, 1.54) is 0 Å². The third-order valence-electron chi connectivity index (χ3n) is 4.83. The molecule has 25 heavy (non-hydrogen) atoms. The van der Waals surface area contributed by atoms with Crippen molar-refractivity contribution in [3.05, 3.63) is 60.2 Å². The van der Waals surface area contributed by atoms with Crippen LogP contribution in [0.25, 0.3) is 0 Å². The molecule has 0 heterocycles. The maximum Gasteiger partial charge on any atom is 0.341 e. The molecule has 0 bridgehead atoms. The molecule has 3 rings (SSSR count). The number of aliphatic carboxylic acids is 1. The zero-order valence-corrected chi connectivity index (χ0v) is 14.1. The first-order valence-corrected chi connectivity index (χ1v) is 8.31. The standard InChI is InChI=1S/C20H21NO4/c1-21(16-8-10-17(11-9-16)25-14-18(22)23)19(24)20(12-5-13-20)15-6-3-2-4-7-15/h2-4,6-11H,5,12-14H2,1H3,(H,22,23). The van der Waals surface area contributed by atoms with E-state index in [-0.39, 0.29) is 12.5 Å². The molecular formula is C20H21NO4. The number of carbonyl (C=O) groups is 2. The van der Waals surface area contributed by atoms with Crippen LogP contribution in [0.5, 0.6) is 5.75 Å². The van der Waals surface area contributed by atoms with Gasteiger partial charge in [0.2, 0.25) is 5.91 Å². The van der Waals surface area contributed by atoms with E-state index in [2.05, 4.69) is 0 Å². The second-order valence-corrected chi connectivity index (χ2v) is 6.34. The number of rotatable bonds is 6. The Bertz CT molecular complexity index is 751. The first-order valence-electron chi connectivity index (χ1n) is 8.31. The van der Waals surface area contributed by atoms with Gasteiger partial charge in [-0.3, -0.25) is 4.79 Å². The Balaban J connectivity index is 1.77. The van der Waals surface area contributed by atoms with Crippen LogP contribution in [0.15, 0.2) is 54.6 Å². The summed E-state index contributed by atoms with van der Waals surface area (Å²) in [6.07, 6.45) is 2.77. The SMILES string of the molecule is CN(C(=O)C1(c2ccccc2)CCC1)c1ccc(OCC(=O)O)cc1. The highest BCUT2D eigenvalue weighted by Crippen LogP contribution is 2.45. The topological polar surface area (TPSA) is 66.8 Å². The van der Waals surface area contributed by atoms with E-state index in [1.54, 1.807) is 36.2 Å². The Hall–Kier alpha value is -2.82. The minimum atomic E-state index is -1.02. The van der Waals surface area contributed by atoms with Crippen molar-refractivity contribution in [2.45, 2.75) is 24.7 Å². The van der Waals surface area contributed by atoms with E-state index in [1.807, 2.05) is 30.3 Å². The average Bonchev–Trinajstić information content (AvgIpc) is 2.59. The molecule has 1 aliphatic carbocycles. The summed E-state index contributed by atoms with van der Waals surface area (Å²) < 4.78 is 5.13. The highest BCUT2D eigenvalue weighted by atomic mass is 16.5. The molecule has 2 aromatic carbocycles. The molecular weight excluding hydrogens is 318 g/mol. The molecule has 0 aromatic heterocycles. The summed E-state index contributed by atoms with van der Waals surface area (Å²) in [5, 5.41) is 8.64. The summed E-state index contributed by atoms with van der Waals surface area (Å²) in [7, 11) is 1.78. The fourth-order valence-corrected chi connectivity index (χ4v) is 3.26. The quantitative estimate of drug-likeness (QED) is 0.877. The largest absolute Gasteiger partial charge is 0.482 e. The molecule has 2 aromatic rings. The van der Waals surface area contributed by atoms with Crippen molar-refractivity contribution < 1.29 is 19.4 Å². The number of likely N-dealkylation sites (N-methyl/N-ethyl adjacent to an activating group) is 1. The van der Waals surface area contributed by atoms with Crippen LogP contribution in [0.4, 0.5) is 5.69 Å². The fourth-order valence-electron chi connectivity index (χ4n) is 3.26. The van der Waals surface area contributed by atoms with Gasteiger partial charge in [0, 0.05) is 12.7 Å². The van der Waals surface area contributed by atoms with Crippen LogP contribution in [-0.4, -0.2) is 30.6 Å². The van der Waals surface area contributed by atoms with Crippen molar-refractivity contribution >= 4 is 17.6 Å². The second kappa shape index (κ2) is 6.97. The molecule has 0 atom stereocenters. The highest BCUT2D eigenvalue weighted by molar-refractivity contribution is 6.01. The summed E-state index contributed by atoms with van der Waals surface area (Å²) in [6.45, 7) is -0.384. The smallest absolute Gasteiger partial charge is 0.341 e. The van der Waals surface area contributed by atoms with Crippen LogP contribution in [0.1, 0.15) is 24.8 Å². The molecule has 1 N–H and O–H groups in total. The van der Waals surface area contributed by atoms with Crippen molar-refractivity contribution in [1.29, 1.82) is 0 Å². The molecule has 1 amide bonds. The van der Waals surface area contributed by atoms with Crippen LogP contribution < -0.4 is 9.64 Å². The molecule has 5 heteroatoms. The number of benzene rings is 2. The molecule has 1 saturated carbocycles. The van der Waals surface area contributed by atoms with Crippen molar-refractivity contribution in [3.8, 4) is 5.75 Å². The third-order valence-corrected chi connectivity index (χ3v) is 4.83. The molecule has 5 nitrogen and oxygen atoms in total. The van der Waals surface area contributed by atoms with E-state index < -0.39 is 11.4 Å². The maximum atomic E-state index is 13.2. The van der Waals surface area contributed by atoms with Gasteiger partial charge in [-0.05, 0) is 42.7 Å². The molecule has 1 fully saturated rings. The van der Waals surface area contributed by atoms with Gasteiger partial charge < -0.3 is 14.7 Å². The van der Waals surface area contributed by atoms with Crippen LogP contribution >= 0.6 is 0 Å². The zero-order chi connectivity index (χ0) is 17.9. The van der Waals surface area contributed by atoms with E-state index in [9.17, 15) is 9.59 Å². The molecule has 0 spiro atoms. The van der Waals surface area contributed by atoms with Crippen molar-refractivity contribution in [2.24, 2.45) is 0 Å². The van der Waals surface area contributed by atoms with Crippen molar-refractivity contribution in [2.75, 3.05) is 18.6 Å². The Morgan fingerprint density at radius 2 is 1.72 bits per heavy atom. The molecule has 130 valence electrons. The second-order valence-electron chi connectivity index (χ2n) is 6.34. The highest BCUT2D eigenvalue weighted by Gasteiger charge is 2.47. The maximum absolute atomic E-state index is 13.2. The Labute approximate surface area is 146 Å². The number of amides is 1. The lowest BCUT2D eigenvalue weighted by Crippen LogP contribution is -2.50. The number of ether oxygens (including phenoxy) is 1. The Morgan fingerprint density at radius 3 is 2.24 bits per heavy atom. The van der Waals surface area contributed by atoms with Gasteiger partial charge in [0.1, 0.15) is 5.75 Å². The Kier molecular flexibility index (Phi) is 4.74. The zero-order valence-electron chi connectivity index (χ0n) is 14.1. The van der Waals surface area contributed by atoms with Gasteiger partial charge in [0.15, 0.2) is 6.61 Å². The van der Waals surface area contributed by atoms with Gasteiger partial charge in [-0.2, -0.15) is 0 Å². The summed E-state index contributed by atoms with van der Waals surface area (Å²) in [5.74, 6) is -0.469. The molecule has 0 radical (unpaired) electrons. The number of carbonyl (C=O) groups excluding carboxylic acids is 1. The predicted octanol–water partition coefficient (Wildman–Crippen LogP) is 3.23. The number of hydrogen-bond donors (Lipinski definition) is 1. The molecule has 0 aliphatic heterocycles. The van der Waals surface area contributed by atoms with Gasteiger partial charge in [-0.25, -0.2) is 4.79 Å². The predicted molar refractivity (Wildman–Crippen MR) is 95.0 cm³/mol. The van der Waals surface area contributed by atoms with Crippen LogP contribution in [0.2, 0.25) is 0 Å². The number of carboxylic acids is 1. The summed E-state index contributed by atoms with van der Waals surface area (Å²) >= 11 is 0. The van der Waals surface area contributed by atoms with Crippen molar-refractivity contribution in [3.63, 3.8) is 0 Å². The number of nitrogens with zero attached hydrogens (tertiary/aromatic N) is 1. The van der Waals surface area contributed by atoms with E-state index in [4.69, 9.17) is 9.84 Å². The lowest BCUT2D eigenvalue weighted by Gasteiger charge is -2.43. The van der Waals surface area contributed by atoms with E-state index >= 15 is 0 Å². The Morgan fingerprint density at radius 1 is 1.08 bits per heavy atom. The summed E-state index contributed by atoms with van der Waals surface area (Å²) in [5.41, 5.74) is 1.39.